The maximum atomic E-state index is 6.21. The first-order valence-corrected chi connectivity index (χ1v) is 7.09. The van der Waals surface area contributed by atoms with Crippen LogP contribution < -0.4 is 10.6 Å². The maximum Gasteiger partial charge on any atom is 0.151 e. The highest BCUT2D eigenvalue weighted by atomic mass is 35.5. The van der Waals surface area contributed by atoms with E-state index in [0.29, 0.717) is 21.7 Å². The highest BCUT2D eigenvalue weighted by Gasteiger charge is 2.10. The Bertz CT molecular complexity index is 800. The zero-order valence-corrected chi connectivity index (χ0v) is 12.7. The molecule has 1 aromatic carbocycles. The lowest BCUT2D eigenvalue weighted by Gasteiger charge is -2.12. The average Bonchev–Trinajstić information content (AvgIpc) is 2.50. The van der Waals surface area contributed by atoms with Crippen molar-refractivity contribution in [3.8, 4) is 0 Å². The summed E-state index contributed by atoms with van der Waals surface area (Å²) in [5, 5.41) is 8.10. The third-order valence-electron chi connectivity index (χ3n) is 3.07. The van der Waals surface area contributed by atoms with Gasteiger partial charge in [0.2, 0.25) is 0 Å². The molecule has 2 heterocycles. The molecule has 0 saturated heterocycles. The first-order valence-electron chi connectivity index (χ1n) is 6.33. The Balaban J connectivity index is 2.07. The summed E-state index contributed by atoms with van der Waals surface area (Å²) in [5.41, 5.74) is 1.79. The number of benzene rings is 1. The largest absolute Gasteiger partial charge is 0.372 e. The van der Waals surface area contributed by atoms with Crippen molar-refractivity contribution in [2.24, 2.45) is 0 Å². The van der Waals surface area contributed by atoms with Crippen molar-refractivity contribution in [1.29, 1.82) is 0 Å². The molecule has 0 unspecified atom stereocenters. The summed E-state index contributed by atoms with van der Waals surface area (Å²) >= 11 is 12.3. The summed E-state index contributed by atoms with van der Waals surface area (Å²) < 4.78 is 0. The first kappa shape index (κ1) is 13.9. The molecule has 0 bridgehead atoms. The van der Waals surface area contributed by atoms with E-state index in [2.05, 4.69) is 20.6 Å². The van der Waals surface area contributed by atoms with Crippen molar-refractivity contribution < 1.29 is 0 Å². The second-order valence-corrected chi connectivity index (χ2v) is 5.21. The van der Waals surface area contributed by atoms with Crippen molar-refractivity contribution in [2.45, 2.75) is 0 Å². The fourth-order valence-electron chi connectivity index (χ4n) is 2.07. The van der Waals surface area contributed by atoms with E-state index in [1.165, 1.54) is 0 Å². The highest BCUT2D eigenvalue weighted by Crippen LogP contribution is 2.32. The monoisotopic (exact) mass is 318 g/mol. The number of rotatable bonds is 3. The summed E-state index contributed by atoms with van der Waals surface area (Å²) in [7, 11) is 1.76. The van der Waals surface area contributed by atoms with Gasteiger partial charge in [-0.1, -0.05) is 29.3 Å². The van der Waals surface area contributed by atoms with E-state index in [9.17, 15) is 0 Å². The quantitative estimate of drug-likeness (QED) is 0.733. The molecule has 0 saturated carbocycles. The van der Waals surface area contributed by atoms with Crippen molar-refractivity contribution in [3.05, 3.63) is 52.6 Å². The molecule has 3 rings (SSSR count). The van der Waals surface area contributed by atoms with Gasteiger partial charge in [0, 0.05) is 24.3 Å². The van der Waals surface area contributed by atoms with Gasteiger partial charge in [0.1, 0.15) is 5.82 Å². The van der Waals surface area contributed by atoms with Crippen LogP contribution in [0.4, 0.5) is 17.3 Å². The Morgan fingerprint density at radius 2 is 1.81 bits per heavy atom. The van der Waals surface area contributed by atoms with Gasteiger partial charge in [0.05, 0.1) is 15.6 Å². The van der Waals surface area contributed by atoms with Crippen LogP contribution in [0, 0.1) is 0 Å². The first-order chi connectivity index (χ1) is 10.2. The molecule has 2 aromatic heterocycles. The molecule has 0 amide bonds. The van der Waals surface area contributed by atoms with E-state index in [1.54, 1.807) is 19.3 Å². The van der Waals surface area contributed by atoms with E-state index in [4.69, 9.17) is 23.2 Å². The fraction of sp³-hybridized carbons (Fsp3) is 0.0667. The SMILES string of the molecule is CNc1nc(Nc2cccc3ncccc23)c(Cl)cc1Cl. The molecule has 0 aliphatic rings. The Hall–Kier alpha value is -2.04. The highest BCUT2D eigenvalue weighted by molar-refractivity contribution is 6.37. The van der Waals surface area contributed by atoms with Crippen LogP contribution in [0.1, 0.15) is 0 Å². The normalized spacial score (nSPS) is 10.6. The van der Waals surface area contributed by atoms with Crippen molar-refractivity contribution in [1.82, 2.24) is 9.97 Å². The van der Waals surface area contributed by atoms with E-state index in [1.807, 2.05) is 30.3 Å². The Morgan fingerprint density at radius 3 is 2.62 bits per heavy atom. The van der Waals surface area contributed by atoms with Crippen LogP contribution in [0.25, 0.3) is 10.9 Å². The van der Waals surface area contributed by atoms with Crippen LogP contribution in [-0.2, 0) is 0 Å². The summed E-state index contributed by atoms with van der Waals surface area (Å²) in [4.78, 5) is 8.71. The Labute approximate surface area is 132 Å². The number of pyridine rings is 2. The van der Waals surface area contributed by atoms with Crippen LogP contribution in [-0.4, -0.2) is 17.0 Å². The number of nitrogens with zero attached hydrogens (tertiary/aromatic N) is 2. The van der Waals surface area contributed by atoms with Crippen LogP contribution in [0.3, 0.4) is 0 Å². The van der Waals surface area contributed by atoms with Gasteiger partial charge in [-0.25, -0.2) is 4.98 Å². The van der Waals surface area contributed by atoms with E-state index < -0.39 is 0 Å². The zero-order valence-electron chi connectivity index (χ0n) is 11.2. The molecule has 0 aliphatic carbocycles. The third-order valence-corrected chi connectivity index (χ3v) is 3.64. The van der Waals surface area contributed by atoms with E-state index >= 15 is 0 Å². The molecule has 4 nitrogen and oxygen atoms in total. The van der Waals surface area contributed by atoms with Gasteiger partial charge >= 0.3 is 0 Å². The van der Waals surface area contributed by atoms with Gasteiger partial charge in [-0.15, -0.1) is 0 Å². The Kier molecular flexibility index (Phi) is 3.82. The second kappa shape index (κ2) is 5.76. The van der Waals surface area contributed by atoms with Crippen LogP contribution in [0.2, 0.25) is 10.0 Å². The molecule has 2 N–H and O–H groups in total. The minimum atomic E-state index is 0.458. The van der Waals surface area contributed by atoms with Gasteiger partial charge in [-0.05, 0) is 30.3 Å². The van der Waals surface area contributed by atoms with Gasteiger partial charge in [0.25, 0.3) is 0 Å². The average molecular weight is 319 g/mol. The number of fused-ring (bicyclic) bond motifs is 1. The zero-order chi connectivity index (χ0) is 14.8. The van der Waals surface area contributed by atoms with Gasteiger partial charge < -0.3 is 10.6 Å². The molecule has 0 aliphatic heterocycles. The fourth-order valence-corrected chi connectivity index (χ4v) is 2.57. The van der Waals surface area contributed by atoms with Crippen LogP contribution in [0.15, 0.2) is 42.6 Å². The number of halogens is 2. The number of aromatic nitrogens is 2. The van der Waals surface area contributed by atoms with E-state index in [-0.39, 0.29) is 0 Å². The summed E-state index contributed by atoms with van der Waals surface area (Å²) in [6.45, 7) is 0. The lowest BCUT2D eigenvalue weighted by atomic mass is 10.2. The minimum absolute atomic E-state index is 0.458. The maximum absolute atomic E-state index is 6.21. The predicted molar refractivity (Wildman–Crippen MR) is 88.8 cm³/mol. The van der Waals surface area contributed by atoms with Crippen LogP contribution in [0.5, 0.6) is 0 Å². The smallest absolute Gasteiger partial charge is 0.151 e. The standard InChI is InChI=1S/C15H12Cl2N4/c1-18-14-10(16)8-11(17)15(21-14)20-13-6-2-5-12-9(13)4-3-7-19-12/h2-8H,1H3,(H2,18,20,21). The molecular weight excluding hydrogens is 307 g/mol. The number of nitrogens with one attached hydrogen (secondary N) is 2. The van der Waals surface area contributed by atoms with Crippen LogP contribution >= 0.6 is 23.2 Å². The summed E-state index contributed by atoms with van der Waals surface area (Å²) in [6, 6.07) is 11.4. The lowest BCUT2D eigenvalue weighted by molar-refractivity contribution is 1.28. The van der Waals surface area contributed by atoms with Crippen molar-refractivity contribution >= 4 is 51.4 Å². The topological polar surface area (TPSA) is 49.8 Å². The molecular formula is C15H12Cl2N4. The van der Waals surface area contributed by atoms with Gasteiger partial charge in [-0.3, -0.25) is 4.98 Å². The second-order valence-electron chi connectivity index (χ2n) is 4.40. The van der Waals surface area contributed by atoms with Gasteiger partial charge in [0.15, 0.2) is 5.82 Å². The molecule has 3 aromatic rings. The Morgan fingerprint density at radius 1 is 1.00 bits per heavy atom. The molecule has 0 atom stereocenters. The number of hydrogen-bond acceptors (Lipinski definition) is 4. The molecule has 6 heteroatoms. The van der Waals surface area contributed by atoms with Gasteiger partial charge in [-0.2, -0.15) is 0 Å². The van der Waals surface area contributed by atoms with Crippen molar-refractivity contribution in [3.63, 3.8) is 0 Å². The number of hydrogen-bond donors (Lipinski definition) is 2. The van der Waals surface area contributed by atoms with Crippen molar-refractivity contribution in [2.75, 3.05) is 17.7 Å². The number of anilines is 3. The van der Waals surface area contributed by atoms with E-state index in [0.717, 1.165) is 16.6 Å². The molecule has 21 heavy (non-hydrogen) atoms. The lowest BCUT2D eigenvalue weighted by Crippen LogP contribution is -2.00. The minimum Gasteiger partial charge on any atom is -0.372 e. The molecule has 0 radical (unpaired) electrons. The molecule has 106 valence electrons. The molecule has 0 spiro atoms. The predicted octanol–water partition coefficient (Wildman–Crippen LogP) is 4.72. The third kappa shape index (κ3) is 2.73. The molecule has 0 fully saturated rings. The summed E-state index contributed by atoms with van der Waals surface area (Å²) in [6.07, 6.45) is 1.76. The summed E-state index contributed by atoms with van der Waals surface area (Å²) in [5.74, 6) is 1.11.